The summed E-state index contributed by atoms with van der Waals surface area (Å²) in [5.41, 5.74) is 2.37. The van der Waals surface area contributed by atoms with Gasteiger partial charge in [-0.1, -0.05) is 30.3 Å². The topological polar surface area (TPSA) is 79.6 Å². The van der Waals surface area contributed by atoms with Crippen molar-refractivity contribution in [1.82, 2.24) is 25.4 Å². The number of methoxy groups -OCH3 is 1. The zero-order chi connectivity index (χ0) is 23.5. The summed E-state index contributed by atoms with van der Waals surface area (Å²) in [6.45, 7) is 8.02. The Kier molecular flexibility index (Phi) is 9.11. The zero-order valence-corrected chi connectivity index (χ0v) is 20.1. The Hall–Kier alpha value is -3.55. The molecule has 0 spiro atoms. The summed E-state index contributed by atoms with van der Waals surface area (Å²) in [5.74, 6) is 3.36. The molecule has 0 fully saturated rings. The molecule has 0 atom stereocenters. The predicted molar refractivity (Wildman–Crippen MR) is 134 cm³/mol. The highest BCUT2D eigenvalue weighted by molar-refractivity contribution is 5.79. The third kappa shape index (κ3) is 7.24. The number of para-hydroxylation sites is 1. The number of aromatic nitrogens is 3. The molecule has 1 aromatic heterocycles. The van der Waals surface area contributed by atoms with Crippen LogP contribution >= 0.6 is 0 Å². The van der Waals surface area contributed by atoms with E-state index >= 15 is 0 Å². The molecule has 0 unspecified atom stereocenters. The average Bonchev–Trinajstić information content (AvgIpc) is 3.18. The van der Waals surface area contributed by atoms with Gasteiger partial charge in [0.1, 0.15) is 11.6 Å². The molecule has 1 heterocycles. The zero-order valence-electron chi connectivity index (χ0n) is 20.1. The fourth-order valence-corrected chi connectivity index (χ4v) is 3.43. The minimum Gasteiger partial charge on any atom is -0.497 e. The van der Waals surface area contributed by atoms with Crippen molar-refractivity contribution in [1.29, 1.82) is 0 Å². The largest absolute Gasteiger partial charge is 0.497 e. The molecule has 33 heavy (non-hydrogen) atoms. The first-order valence-electron chi connectivity index (χ1n) is 11.4. The van der Waals surface area contributed by atoms with Crippen molar-refractivity contribution >= 4 is 11.6 Å². The Morgan fingerprint density at radius 2 is 1.82 bits per heavy atom. The number of anilines is 1. The molecular formula is C25H35N7O. The van der Waals surface area contributed by atoms with Gasteiger partial charge in [0.25, 0.3) is 0 Å². The van der Waals surface area contributed by atoms with Gasteiger partial charge >= 0.3 is 0 Å². The number of rotatable bonds is 11. The molecule has 8 heteroatoms. The SMILES string of the molecule is CCN(CCCNC(=NCc1ccc(OC)cc1)NCc1nnc(C)n1C)c1ccccc1. The second-order valence-corrected chi connectivity index (χ2v) is 7.78. The number of nitrogens with one attached hydrogen (secondary N) is 2. The molecule has 0 radical (unpaired) electrons. The molecule has 3 rings (SSSR count). The highest BCUT2D eigenvalue weighted by atomic mass is 16.5. The third-order valence-corrected chi connectivity index (χ3v) is 5.58. The molecule has 2 aromatic carbocycles. The molecule has 0 bridgehead atoms. The summed E-state index contributed by atoms with van der Waals surface area (Å²) >= 11 is 0. The lowest BCUT2D eigenvalue weighted by molar-refractivity contribution is 0.414. The summed E-state index contributed by atoms with van der Waals surface area (Å²) in [6, 6.07) is 18.5. The quantitative estimate of drug-likeness (QED) is 0.266. The van der Waals surface area contributed by atoms with E-state index in [1.54, 1.807) is 7.11 Å². The number of benzene rings is 2. The van der Waals surface area contributed by atoms with Gasteiger partial charge in [-0.25, -0.2) is 4.99 Å². The molecule has 176 valence electrons. The molecule has 0 saturated carbocycles. The minimum absolute atomic E-state index is 0.552. The Labute approximate surface area is 196 Å². The van der Waals surface area contributed by atoms with Crippen LogP contribution in [0, 0.1) is 6.92 Å². The maximum Gasteiger partial charge on any atom is 0.191 e. The van der Waals surface area contributed by atoms with Crippen LogP contribution in [-0.2, 0) is 20.1 Å². The third-order valence-electron chi connectivity index (χ3n) is 5.58. The number of hydrogen-bond acceptors (Lipinski definition) is 5. The maximum absolute atomic E-state index is 5.24. The number of aliphatic imine (C=N–C) groups is 1. The monoisotopic (exact) mass is 449 g/mol. The standard InChI is InChI=1S/C25H35N7O/c1-5-32(22-10-7-6-8-11-22)17-9-16-26-25(28-19-24-30-29-20(2)31(24)3)27-18-21-12-14-23(33-4)15-13-21/h6-8,10-15H,5,9,16-19H2,1-4H3,(H2,26,27,28). The average molecular weight is 450 g/mol. The van der Waals surface area contributed by atoms with Crippen molar-refractivity contribution in [3.63, 3.8) is 0 Å². The van der Waals surface area contributed by atoms with Crippen LogP contribution < -0.4 is 20.3 Å². The van der Waals surface area contributed by atoms with Gasteiger partial charge in [-0.3, -0.25) is 0 Å². The molecule has 0 amide bonds. The molecule has 0 saturated heterocycles. The first-order valence-corrected chi connectivity index (χ1v) is 11.4. The second kappa shape index (κ2) is 12.5. The second-order valence-electron chi connectivity index (χ2n) is 7.78. The van der Waals surface area contributed by atoms with E-state index in [1.165, 1.54) is 5.69 Å². The van der Waals surface area contributed by atoms with Crippen LogP contribution in [0.1, 0.15) is 30.6 Å². The highest BCUT2D eigenvalue weighted by Gasteiger charge is 2.07. The number of ether oxygens (including phenoxy) is 1. The van der Waals surface area contributed by atoms with Gasteiger partial charge in [0.15, 0.2) is 11.8 Å². The Bertz CT molecular complexity index is 999. The van der Waals surface area contributed by atoms with Crippen molar-refractivity contribution in [3.8, 4) is 5.75 Å². The molecule has 0 aliphatic rings. The van der Waals surface area contributed by atoms with Gasteiger partial charge in [0.05, 0.1) is 20.2 Å². The Morgan fingerprint density at radius 3 is 2.45 bits per heavy atom. The molecule has 3 aromatic rings. The van der Waals surface area contributed by atoms with E-state index in [1.807, 2.05) is 42.8 Å². The van der Waals surface area contributed by atoms with Gasteiger partial charge in [0, 0.05) is 32.4 Å². The van der Waals surface area contributed by atoms with E-state index < -0.39 is 0 Å². The lowest BCUT2D eigenvalue weighted by atomic mass is 10.2. The van der Waals surface area contributed by atoms with Crippen LogP contribution in [0.4, 0.5) is 5.69 Å². The smallest absolute Gasteiger partial charge is 0.191 e. The number of hydrogen-bond donors (Lipinski definition) is 2. The summed E-state index contributed by atoms with van der Waals surface area (Å²) in [4.78, 5) is 7.16. The lowest BCUT2D eigenvalue weighted by Crippen LogP contribution is -2.39. The number of nitrogens with zero attached hydrogens (tertiary/aromatic N) is 5. The van der Waals surface area contributed by atoms with Crippen LogP contribution in [0.25, 0.3) is 0 Å². The van der Waals surface area contributed by atoms with Gasteiger partial charge in [-0.2, -0.15) is 0 Å². The van der Waals surface area contributed by atoms with E-state index in [0.717, 1.165) is 55.0 Å². The van der Waals surface area contributed by atoms with Crippen molar-refractivity contribution in [2.75, 3.05) is 31.6 Å². The molecule has 0 aliphatic carbocycles. The van der Waals surface area contributed by atoms with Gasteiger partial charge in [0.2, 0.25) is 0 Å². The van der Waals surface area contributed by atoms with E-state index in [2.05, 4.69) is 63.0 Å². The van der Waals surface area contributed by atoms with E-state index in [4.69, 9.17) is 9.73 Å². The predicted octanol–water partition coefficient (Wildman–Crippen LogP) is 3.28. The van der Waals surface area contributed by atoms with Gasteiger partial charge < -0.3 is 24.8 Å². The molecule has 0 aliphatic heterocycles. The summed E-state index contributed by atoms with van der Waals surface area (Å²) in [7, 11) is 3.64. The van der Waals surface area contributed by atoms with Crippen molar-refractivity contribution < 1.29 is 4.74 Å². The normalized spacial score (nSPS) is 11.3. The van der Waals surface area contributed by atoms with Crippen LogP contribution in [-0.4, -0.2) is 47.5 Å². The van der Waals surface area contributed by atoms with E-state index in [9.17, 15) is 0 Å². The minimum atomic E-state index is 0.552. The van der Waals surface area contributed by atoms with Crippen molar-refractivity contribution in [2.45, 2.75) is 33.4 Å². The fraction of sp³-hybridized carbons (Fsp3) is 0.400. The molecule has 8 nitrogen and oxygen atoms in total. The Balaban J connectivity index is 1.58. The molecule has 2 N–H and O–H groups in total. The maximum atomic E-state index is 5.24. The summed E-state index contributed by atoms with van der Waals surface area (Å²) in [6.07, 6.45) is 0.995. The van der Waals surface area contributed by atoms with E-state index in [-0.39, 0.29) is 0 Å². The van der Waals surface area contributed by atoms with E-state index in [0.29, 0.717) is 13.1 Å². The van der Waals surface area contributed by atoms with Crippen LogP contribution in [0.15, 0.2) is 59.6 Å². The number of guanidine groups is 1. The molecular weight excluding hydrogens is 414 g/mol. The van der Waals surface area contributed by atoms with Crippen LogP contribution in [0.5, 0.6) is 5.75 Å². The van der Waals surface area contributed by atoms with Crippen molar-refractivity contribution in [3.05, 3.63) is 71.8 Å². The Morgan fingerprint density at radius 1 is 1.06 bits per heavy atom. The summed E-state index contributed by atoms with van der Waals surface area (Å²) in [5, 5.41) is 15.2. The van der Waals surface area contributed by atoms with Crippen LogP contribution in [0.2, 0.25) is 0 Å². The van der Waals surface area contributed by atoms with Crippen LogP contribution in [0.3, 0.4) is 0 Å². The fourth-order valence-electron chi connectivity index (χ4n) is 3.43. The lowest BCUT2D eigenvalue weighted by Gasteiger charge is -2.23. The van der Waals surface area contributed by atoms with Gasteiger partial charge in [-0.05, 0) is 50.1 Å². The first-order chi connectivity index (χ1) is 16.1. The number of aryl methyl sites for hydroxylation is 1. The van der Waals surface area contributed by atoms with Crippen molar-refractivity contribution in [2.24, 2.45) is 12.0 Å². The summed E-state index contributed by atoms with van der Waals surface area (Å²) < 4.78 is 7.22. The highest BCUT2D eigenvalue weighted by Crippen LogP contribution is 2.13. The van der Waals surface area contributed by atoms with Gasteiger partial charge in [-0.15, -0.1) is 10.2 Å². The first kappa shape index (κ1) is 24.1.